The third kappa shape index (κ3) is 4.72. The van der Waals surface area contributed by atoms with Gasteiger partial charge in [0.25, 0.3) is 0 Å². The van der Waals surface area contributed by atoms with Gasteiger partial charge in [0.15, 0.2) is 0 Å². The summed E-state index contributed by atoms with van der Waals surface area (Å²) in [6.45, 7) is 5.02. The van der Waals surface area contributed by atoms with E-state index in [1.54, 1.807) is 19.6 Å². The van der Waals surface area contributed by atoms with Crippen molar-refractivity contribution in [2.24, 2.45) is 0 Å². The Morgan fingerprint density at radius 1 is 1.15 bits per heavy atom. The third-order valence-corrected chi connectivity index (χ3v) is 3.14. The van der Waals surface area contributed by atoms with Crippen molar-refractivity contribution in [3.8, 4) is 0 Å². The summed E-state index contributed by atoms with van der Waals surface area (Å²) in [6.07, 6.45) is 3.52. The van der Waals surface area contributed by atoms with Crippen LogP contribution in [0.3, 0.4) is 0 Å². The highest BCUT2D eigenvalue weighted by Crippen LogP contribution is 2.13. The largest absolute Gasteiger partial charge is 0.470 e. The van der Waals surface area contributed by atoms with Crippen molar-refractivity contribution in [2.75, 3.05) is 38.2 Å². The number of furan rings is 1. The van der Waals surface area contributed by atoms with Gasteiger partial charge in [0.1, 0.15) is 6.26 Å². The van der Waals surface area contributed by atoms with Gasteiger partial charge in [-0.2, -0.15) is 0 Å². The maximum atomic E-state index is 5.01. The van der Waals surface area contributed by atoms with Gasteiger partial charge >= 0.3 is 0 Å². The Hall–Kier alpha value is -1.78. The summed E-state index contributed by atoms with van der Waals surface area (Å²) in [4.78, 5) is 2.32. The molecule has 0 bridgehead atoms. The molecule has 1 aliphatic rings. The highest BCUT2D eigenvalue weighted by Gasteiger charge is 2.10. The number of nitrogens with one attached hydrogen (secondary N) is 1. The van der Waals surface area contributed by atoms with Gasteiger partial charge in [-0.05, 0) is 11.6 Å². The van der Waals surface area contributed by atoms with Gasteiger partial charge in [-0.1, -0.05) is 30.3 Å². The number of hydrogen-bond donors (Lipinski definition) is 1. The molecule has 2 aromatic rings. The van der Waals surface area contributed by atoms with Crippen molar-refractivity contribution in [2.45, 2.75) is 6.61 Å². The Balaban J connectivity index is 0.000000151. The molecule has 4 heteroatoms. The third-order valence-electron chi connectivity index (χ3n) is 3.14. The van der Waals surface area contributed by atoms with E-state index in [2.05, 4.69) is 10.2 Å². The zero-order valence-electron chi connectivity index (χ0n) is 11.9. The van der Waals surface area contributed by atoms with E-state index in [9.17, 15) is 0 Å². The molecule has 0 amide bonds. The molecule has 0 unspecified atom stereocenters. The summed E-state index contributed by atoms with van der Waals surface area (Å²) in [7, 11) is 1.70. The van der Waals surface area contributed by atoms with E-state index < -0.39 is 0 Å². The predicted molar refractivity (Wildman–Crippen MR) is 80.9 cm³/mol. The summed E-state index contributed by atoms with van der Waals surface area (Å²) < 4.78 is 9.93. The Morgan fingerprint density at radius 2 is 1.90 bits per heavy atom. The van der Waals surface area contributed by atoms with Crippen LogP contribution in [-0.4, -0.2) is 33.3 Å². The Kier molecular flexibility index (Phi) is 6.14. The first kappa shape index (κ1) is 14.6. The number of benzene rings is 1. The van der Waals surface area contributed by atoms with Gasteiger partial charge in [-0.15, -0.1) is 0 Å². The molecule has 20 heavy (non-hydrogen) atoms. The summed E-state index contributed by atoms with van der Waals surface area (Å²) >= 11 is 0. The molecular weight excluding hydrogens is 252 g/mol. The summed E-state index contributed by atoms with van der Waals surface area (Å²) in [6, 6.07) is 12.1. The highest BCUT2D eigenvalue weighted by molar-refractivity contribution is 5.43. The molecule has 0 radical (unpaired) electrons. The van der Waals surface area contributed by atoms with Crippen molar-refractivity contribution < 1.29 is 9.15 Å². The maximum absolute atomic E-state index is 5.01. The van der Waals surface area contributed by atoms with Gasteiger partial charge in [0.05, 0.1) is 18.6 Å². The van der Waals surface area contributed by atoms with E-state index in [0.29, 0.717) is 6.61 Å². The molecule has 108 valence electrons. The smallest absolute Gasteiger partial charge is 0.114 e. The average molecular weight is 274 g/mol. The molecule has 1 aliphatic heterocycles. The molecule has 0 atom stereocenters. The standard InChI is InChI=1S/C8H12N2O.C8H10O/c1-6-11-7-8(1)10-4-2-9-3-5-10;1-9-7-8-5-3-2-4-6-8/h1,6-7,9H,2-5H2;2-6H,7H2,1H3. The molecule has 4 nitrogen and oxygen atoms in total. The number of piperazine rings is 1. The van der Waals surface area contributed by atoms with E-state index in [-0.39, 0.29) is 0 Å². The summed E-state index contributed by atoms with van der Waals surface area (Å²) in [5, 5.41) is 3.30. The van der Waals surface area contributed by atoms with Crippen LogP contribution in [0, 0.1) is 0 Å². The molecule has 1 aromatic heterocycles. The molecule has 1 saturated heterocycles. The predicted octanol–water partition coefficient (Wildman–Crippen LogP) is 2.52. The van der Waals surface area contributed by atoms with E-state index in [1.165, 1.54) is 11.3 Å². The topological polar surface area (TPSA) is 37.6 Å². The lowest BCUT2D eigenvalue weighted by molar-refractivity contribution is 0.185. The minimum absolute atomic E-state index is 0.709. The minimum atomic E-state index is 0.709. The molecule has 3 rings (SSSR count). The van der Waals surface area contributed by atoms with Crippen LogP contribution in [0.15, 0.2) is 53.3 Å². The lowest BCUT2D eigenvalue weighted by Gasteiger charge is -2.27. The Bertz CT molecular complexity index is 451. The first-order valence-electron chi connectivity index (χ1n) is 6.91. The number of anilines is 1. The maximum Gasteiger partial charge on any atom is 0.114 e. The molecule has 0 aliphatic carbocycles. The lowest BCUT2D eigenvalue weighted by atomic mass is 10.2. The van der Waals surface area contributed by atoms with Crippen LogP contribution in [0.1, 0.15) is 5.56 Å². The molecule has 0 spiro atoms. The van der Waals surface area contributed by atoms with Crippen molar-refractivity contribution >= 4 is 5.69 Å². The number of rotatable bonds is 3. The van der Waals surface area contributed by atoms with E-state index in [1.807, 2.05) is 36.4 Å². The zero-order chi connectivity index (χ0) is 14.0. The van der Waals surface area contributed by atoms with Crippen LogP contribution in [0.25, 0.3) is 0 Å². The van der Waals surface area contributed by atoms with Crippen molar-refractivity contribution in [3.63, 3.8) is 0 Å². The normalized spacial score (nSPS) is 14.6. The molecule has 0 saturated carbocycles. The number of methoxy groups -OCH3 is 1. The van der Waals surface area contributed by atoms with Gasteiger partial charge in [0, 0.05) is 33.3 Å². The second-order valence-electron chi connectivity index (χ2n) is 4.64. The van der Waals surface area contributed by atoms with Crippen LogP contribution in [0.5, 0.6) is 0 Å². The molecule has 1 fully saturated rings. The van der Waals surface area contributed by atoms with E-state index in [4.69, 9.17) is 9.15 Å². The molecular formula is C16H22N2O2. The molecule has 1 aromatic carbocycles. The van der Waals surface area contributed by atoms with Gasteiger partial charge in [-0.25, -0.2) is 0 Å². The highest BCUT2D eigenvalue weighted by atomic mass is 16.5. The minimum Gasteiger partial charge on any atom is -0.470 e. The monoisotopic (exact) mass is 274 g/mol. The van der Waals surface area contributed by atoms with Crippen LogP contribution in [0.4, 0.5) is 5.69 Å². The van der Waals surface area contributed by atoms with Crippen LogP contribution in [0.2, 0.25) is 0 Å². The zero-order valence-corrected chi connectivity index (χ0v) is 11.9. The fourth-order valence-electron chi connectivity index (χ4n) is 2.10. The van der Waals surface area contributed by atoms with Gasteiger partial charge in [0.2, 0.25) is 0 Å². The van der Waals surface area contributed by atoms with Crippen molar-refractivity contribution in [3.05, 3.63) is 54.5 Å². The lowest BCUT2D eigenvalue weighted by Crippen LogP contribution is -2.43. The number of ether oxygens (including phenoxy) is 1. The Morgan fingerprint density at radius 3 is 2.50 bits per heavy atom. The first-order valence-corrected chi connectivity index (χ1v) is 6.91. The quantitative estimate of drug-likeness (QED) is 0.933. The number of hydrogen-bond acceptors (Lipinski definition) is 4. The second kappa shape index (κ2) is 8.40. The van der Waals surface area contributed by atoms with Crippen molar-refractivity contribution in [1.82, 2.24) is 5.32 Å². The van der Waals surface area contributed by atoms with Crippen LogP contribution < -0.4 is 10.2 Å². The van der Waals surface area contributed by atoms with E-state index in [0.717, 1.165) is 26.2 Å². The summed E-state index contributed by atoms with van der Waals surface area (Å²) in [5.41, 5.74) is 2.42. The SMILES string of the molecule is COCc1ccccc1.c1cc(N2CCNCC2)co1. The molecule has 1 N–H and O–H groups in total. The number of nitrogens with zero attached hydrogens (tertiary/aromatic N) is 1. The van der Waals surface area contributed by atoms with Gasteiger partial charge < -0.3 is 19.4 Å². The average Bonchev–Trinajstić information content (AvgIpc) is 3.05. The van der Waals surface area contributed by atoms with Crippen molar-refractivity contribution in [1.29, 1.82) is 0 Å². The summed E-state index contributed by atoms with van der Waals surface area (Å²) in [5.74, 6) is 0. The van der Waals surface area contributed by atoms with E-state index >= 15 is 0 Å². The first-order chi connectivity index (χ1) is 9.90. The fraction of sp³-hybridized carbons (Fsp3) is 0.375. The molecule has 2 heterocycles. The van der Waals surface area contributed by atoms with Crippen LogP contribution in [-0.2, 0) is 11.3 Å². The van der Waals surface area contributed by atoms with Gasteiger partial charge in [-0.3, -0.25) is 0 Å². The Labute approximate surface area is 120 Å². The second-order valence-corrected chi connectivity index (χ2v) is 4.64. The fourth-order valence-corrected chi connectivity index (χ4v) is 2.10. The van der Waals surface area contributed by atoms with Crippen LogP contribution >= 0.6 is 0 Å².